The first-order chi connectivity index (χ1) is 8.84. The standard InChI is InChI=1S/C15H31N3O/c1-12-8-4-5-9-13(12)18(3)11-7-6-10-15(2,17)14(16)19/h12-13H,4-11,17H2,1-3H3,(H2,16,19). The molecule has 0 aromatic heterocycles. The molecule has 1 saturated carbocycles. The second-order valence-electron chi connectivity index (χ2n) is 6.55. The number of amides is 1. The van der Waals surface area contributed by atoms with E-state index < -0.39 is 11.4 Å². The zero-order valence-corrected chi connectivity index (χ0v) is 12.8. The van der Waals surface area contributed by atoms with Gasteiger partial charge in [-0.05, 0) is 58.5 Å². The van der Waals surface area contributed by atoms with E-state index in [0.29, 0.717) is 6.42 Å². The largest absolute Gasteiger partial charge is 0.368 e. The third-order valence-electron chi connectivity index (χ3n) is 4.65. The van der Waals surface area contributed by atoms with Crippen LogP contribution in [0.1, 0.15) is 58.8 Å². The van der Waals surface area contributed by atoms with Gasteiger partial charge in [0.1, 0.15) is 0 Å². The summed E-state index contributed by atoms with van der Waals surface area (Å²) in [5, 5.41) is 0. The predicted octanol–water partition coefficient (Wildman–Crippen LogP) is 1.87. The van der Waals surface area contributed by atoms with Crippen LogP contribution in [0.25, 0.3) is 0 Å². The lowest BCUT2D eigenvalue weighted by molar-refractivity contribution is -0.122. The van der Waals surface area contributed by atoms with Crippen LogP contribution in [0.4, 0.5) is 0 Å². The third kappa shape index (κ3) is 5.11. The van der Waals surface area contributed by atoms with Crippen molar-refractivity contribution < 1.29 is 4.79 Å². The summed E-state index contributed by atoms with van der Waals surface area (Å²) in [4.78, 5) is 13.6. The fourth-order valence-electron chi connectivity index (χ4n) is 3.09. The van der Waals surface area contributed by atoms with E-state index in [9.17, 15) is 4.79 Å². The molecule has 3 atom stereocenters. The molecule has 3 unspecified atom stereocenters. The molecule has 0 aliphatic heterocycles. The molecule has 1 amide bonds. The van der Waals surface area contributed by atoms with Crippen molar-refractivity contribution >= 4 is 5.91 Å². The summed E-state index contributed by atoms with van der Waals surface area (Å²) in [6.07, 6.45) is 8.15. The van der Waals surface area contributed by atoms with Crippen LogP contribution in [-0.4, -0.2) is 36.0 Å². The van der Waals surface area contributed by atoms with E-state index in [0.717, 1.165) is 31.3 Å². The number of hydrogen-bond acceptors (Lipinski definition) is 3. The van der Waals surface area contributed by atoms with Gasteiger partial charge in [0.15, 0.2) is 0 Å². The van der Waals surface area contributed by atoms with Gasteiger partial charge in [-0.25, -0.2) is 0 Å². The van der Waals surface area contributed by atoms with Crippen molar-refractivity contribution in [2.24, 2.45) is 17.4 Å². The number of nitrogens with zero attached hydrogens (tertiary/aromatic N) is 1. The van der Waals surface area contributed by atoms with Crippen LogP contribution < -0.4 is 11.5 Å². The Morgan fingerprint density at radius 3 is 2.53 bits per heavy atom. The molecule has 0 spiro atoms. The Kier molecular flexibility index (Phi) is 6.27. The predicted molar refractivity (Wildman–Crippen MR) is 79.7 cm³/mol. The maximum Gasteiger partial charge on any atom is 0.237 e. The normalized spacial score (nSPS) is 27.2. The van der Waals surface area contributed by atoms with Crippen molar-refractivity contribution in [3.05, 3.63) is 0 Å². The van der Waals surface area contributed by atoms with Crippen molar-refractivity contribution in [1.82, 2.24) is 4.90 Å². The molecule has 1 aliphatic carbocycles. The van der Waals surface area contributed by atoms with E-state index in [1.807, 2.05) is 0 Å². The minimum atomic E-state index is -0.850. The number of primary amides is 1. The van der Waals surface area contributed by atoms with Crippen molar-refractivity contribution in [1.29, 1.82) is 0 Å². The molecule has 0 bridgehead atoms. The van der Waals surface area contributed by atoms with Gasteiger partial charge in [0.05, 0.1) is 5.54 Å². The Hall–Kier alpha value is -0.610. The SMILES string of the molecule is CC1CCCCC1N(C)CCCCC(C)(N)C(N)=O. The maximum absolute atomic E-state index is 11.1. The van der Waals surface area contributed by atoms with Gasteiger partial charge in [0.25, 0.3) is 0 Å². The second kappa shape index (κ2) is 7.25. The van der Waals surface area contributed by atoms with Crippen LogP contribution in [0, 0.1) is 5.92 Å². The van der Waals surface area contributed by atoms with Crippen LogP contribution in [-0.2, 0) is 4.79 Å². The maximum atomic E-state index is 11.1. The van der Waals surface area contributed by atoms with Crippen LogP contribution in [0.15, 0.2) is 0 Å². The number of carbonyl (C=O) groups is 1. The average molecular weight is 269 g/mol. The van der Waals surface area contributed by atoms with Gasteiger partial charge in [-0.3, -0.25) is 4.79 Å². The Balaban J connectivity index is 2.23. The van der Waals surface area contributed by atoms with E-state index in [4.69, 9.17) is 11.5 Å². The molecule has 0 aromatic carbocycles. The summed E-state index contributed by atoms with van der Waals surface area (Å²) in [5.74, 6) is 0.408. The van der Waals surface area contributed by atoms with Crippen LogP contribution in [0.3, 0.4) is 0 Å². The van der Waals surface area contributed by atoms with E-state index in [1.54, 1.807) is 6.92 Å². The molecular weight excluding hydrogens is 238 g/mol. The van der Waals surface area contributed by atoms with Crippen LogP contribution >= 0.6 is 0 Å². The number of rotatable bonds is 7. The first-order valence-electron chi connectivity index (χ1n) is 7.63. The van der Waals surface area contributed by atoms with Crippen LogP contribution in [0.2, 0.25) is 0 Å². The molecule has 4 N–H and O–H groups in total. The molecular formula is C15H31N3O. The van der Waals surface area contributed by atoms with Gasteiger partial charge in [-0.1, -0.05) is 19.8 Å². The average Bonchev–Trinajstić information content (AvgIpc) is 2.34. The van der Waals surface area contributed by atoms with Gasteiger partial charge in [-0.15, -0.1) is 0 Å². The van der Waals surface area contributed by atoms with Crippen molar-refractivity contribution in [3.63, 3.8) is 0 Å². The lowest BCUT2D eigenvalue weighted by Gasteiger charge is -2.36. The number of hydrogen-bond donors (Lipinski definition) is 2. The fraction of sp³-hybridized carbons (Fsp3) is 0.933. The summed E-state index contributed by atoms with van der Waals surface area (Å²) in [6.45, 7) is 5.18. The molecule has 0 saturated heterocycles. The summed E-state index contributed by atoms with van der Waals surface area (Å²) < 4.78 is 0. The lowest BCUT2D eigenvalue weighted by atomic mass is 9.85. The summed E-state index contributed by atoms with van der Waals surface area (Å²) in [6, 6.07) is 0.731. The van der Waals surface area contributed by atoms with Gasteiger partial charge in [-0.2, -0.15) is 0 Å². The zero-order chi connectivity index (χ0) is 14.5. The number of carbonyl (C=O) groups excluding carboxylic acids is 1. The smallest absolute Gasteiger partial charge is 0.237 e. The first-order valence-corrected chi connectivity index (χ1v) is 7.63. The van der Waals surface area contributed by atoms with E-state index >= 15 is 0 Å². The summed E-state index contributed by atoms with van der Waals surface area (Å²) in [7, 11) is 2.22. The summed E-state index contributed by atoms with van der Waals surface area (Å²) in [5.41, 5.74) is 10.3. The van der Waals surface area contributed by atoms with Gasteiger partial charge >= 0.3 is 0 Å². The monoisotopic (exact) mass is 269 g/mol. The molecule has 1 fully saturated rings. The molecule has 19 heavy (non-hydrogen) atoms. The fourth-order valence-corrected chi connectivity index (χ4v) is 3.09. The number of nitrogens with two attached hydrogens (primary N) is 2. The molecule has 0 aromatic rings. The highest BCUT2D eigenvalue weighted by Gasteiger charge is 2.26. The molecule has 1 aliphatic rings. The molecule has 4 nitrogen and oxygen atoms in total. The number of unbranched alkanes of at least 4 members (excludes halogenated alkanes) is 1. The molecule has 112 valence electrons. The zero-order valence-electron chi connectivity index (χ0n) is 12.8. The minimum Gasteiger partial charge on any atom is -0.368 e. The second-order valence-corrected chi connectivity index (χ2v) is 6.55. The van der Waals surface area contributed by atoms with E-state index in [-0.39, 0.29) is 0 Å². The topological polar surface area (TPSA) is 72.3 Å². The molecule has 4 heteroatoms. The third-order valence-corrected chi connectivity index (χ3v) is 4.65. The Labute approximate surface area is 117 Å². The highest BCUT2D eigenvalue weighted by molar-refractivity contribution is 5.83. The van der Waals surface area contributed by atoms with Gasteiger partial charge in [0, 0.05) is 6.04 Å². The van der Waals surface area contributed by atoms with Crippen molar-refractivity contribution in [3.8, 4) is 0 Å². The van der Waals surface area contributed by atoms with Crippen molar-refractivity contribution in [2.75, 3.05) is 13.6 Å². The van der Waals surface area contributed by atoms with E-state index in [1.165, 1.54) is 25.7 Å². The Morgan fingerprint density at radius 1 is 1.32 bits per heavy atom. The Bertz CT molecular complexity index is 291. The van der Waals surface area contributed by atoms with Gasteiger partial charge < -0.3 is 16.4 Å². The van der Waals surface area contributed by atoms with Crippen LogP contribution in [0.5, 0.6) is 0 Å². The first kappa shape index (κ1) is 16.4. The minimum absolute atomic E-state index is 0.401. The lowest BCUT2D eigenvalue weighted by Crippen LogP contribution is -2.49. The Morgan fingerprint density at radius 2 is 1.95 bits per heavy atom. The highest BCUT2D eigenvalue weighted by Crippen LogP contribution is 2.27. The quantitative estimate of drug-likeness (QED) is 0.693. The molecule has 0 heterocycles. The van der Waals surface area contributed by atoms with E-state index in [2.05, 4.69) is 18.9 Å². The molecule has 0 radical (unpaired) electrons. The summed E-state index contributed by atoms with van der Waals surface area (Å²) >= 11 is 0. The molecule has 1 rings (SSSR count). The highest BCUT2D eigenvalue weighted by atomic mass is 16.1. The van der Waals surface area contributed by atoms with Crippen molar-refractivity contribution in [2.45, 2.75) is 70.4 Å². The van der Waals surface area contributed by atoms with Gasteiger partial charge in [0.2, 0.25) is 5.91 Å².